The largest absolute Gasteiger partial charge is 0.376 e. The van der Waals surface area contributed by atoms with Crippen molar-refractivity contribution in [3.63, 3.8) is 0 Å². The van der Waals surface area contributed by atoms with Crippen LogP contribution in [0.5, 0.6) is 0 Å². The van der Waals surface area contributed by atoms with Gasteiger partial charge in [-0.3, -0.25) is 0 Å². The summed E-state index contributed by atoms with van der Waals surface area (Å²) < 4.78 is 5.03. The van der Waals surface area contributed by atoms with E-state index in [1.54, 1.807) is 0 Å². The monoisotopic (exact) mass is 217 g/mol. The van der Waals surface area contributed by atoms with E-state index in [1.165, 1.54) is 11.1 Å². The van der Waals surface area contributed by atoms with Gasteiger partial charge in [0.25, 0.3) is 0 Å². The summed E-state index contributed by atoms with van der Waals surface area (Å²) in [5.74, 6) is 1.27. The maximum absolute atomic E-state index is 5.03. The van der Waals surface area contributed by atoms with Gasteiger partial charge >= 0.3 is 0 Å². The van der Waals surface area contributed by atoms with Crippen LogP contribution in [-0.4, -0.2) is 10.1 Å². The quantitative estimate of drug-likeness (QED) is 0.858. The minimum absolute atomic E-state index is 0.561. The molecule has 0 aliphatic rings. The van der Waals surface area contributed by atoms with Crippen LogP contribution in [0.25, 0.3) is 0 Å². The Morgan fingerprint density at radius 1 is 1.25 bits per heavy atom. The second kappa shape index (κ2) is 4.35. The molecule has 0 fully saturated rings. The van der Waals surface area contributed by atoms with Gasteiger partial charge in [0, 0.05) is 5.69 Å². The minimum Gasteiger partial charge on any atom is -0.376 e. The zero-order chi connectivity index (χ0) is 11.5. The molecule has 0 radical (unpaired) electrons. The molecule has 0 atom stereocenters. The first-order valence-electron chi connectivity index (χ1n) is 5.26. The molecular weight excluding hydrogens is 202 g/mol. The highest BCUT2D eigenvalue weighted by Gasteiger charge is 2.04. The third-order valence-electron chi connectivity index (χ3n) is 2.60. The Hall–Kier alpha value is -1.84. The Morgan fingerprint density at radius 2 is 2.06 bits per heavy atom. The third-order valence-corrected chi connectivity index (χ3v) is 2.60. The molecule has 16 heavy (non-hydrogen) atoms. The number of hydrogen-bond donors (Lipinski definition) is 1. The standard InChI is InChI=1S/C12H15N3O/c1-8-5-4-6-11(9(8)2)13-7-12-14-10(3)15-16-12/h4-6,13H,7H2,1-3H3. The van der Waals surface area contributed by atoms with Gasteiger partial charge in [-0.05, 0) is 38.0 Å². The molecule has 2 rings (SSSR count). The zero-order valence-corrected chi connectivity index (χ0v) is 9.74. The van der Waals surface area contributed by atoms with Gasteiger partial charge in [0.05, 0.1) is 6.54 Å². The van der Waals surface area contributed by atoms with Crippen LogP contribution in [0.15, 0.2) is 22.7 Å². The molecule has 0 unspecified atom stereocenters. The molecule has 0 aliphatic heterocycles. The second-order valence-corrected chi connectivity index (χ2v) is 3.84. The molecule has 0 amide bonds. The number of aryl methyl sites for hydroxylation is 2. The number of rotatable bonds is 3. The van der Waals surface area contributed by atoms with Crippen LogP contribution in [0.3, 0.4) is 0 Å². The van der Waals surface area contributed by atoms with Crippen molar-refractivity contribution in [1.82, 2.24) is 10.1 Å². The first-order valence-corrected chi connectivity index (χ1v) is 5.26. The molecule has 0 saturated heterocycles. The van der Waals surface area contributed by atoms with Crippen molar-refractivity contribution < 1.29 is 4.52 Å². The van der Waals surface area contributed by atoms with E-state index in [1.807, 2.05) is 19.1 Å². The van der Waals surface area contributed by atoms with Crippen molar-refractivity contribution in [2.45, 2.75) is 27.3 Å². The third kappa shape index (κ3) is 2.21. The summed E-state index contributed by atoms with van der Waals surface area (Å²) in [7, 11) is 0. The Morgan fingerprint density at radius 3 is 2.75 bits per heavy atom. The molecule has 4 heteroatoms. The van der Waals surface area contributed by atoms with Crippen molar-refractivity contribution in [3.8, 4) is 0 Å². The lowest BCUT2D eigenvalue weighted by atomic mass is 10.1. The molecule has 2 aromatic rings. The molecular formula is C12H15N3O. The fourth-order valence-electron chi connectivity index (χ4n) is 1.53. The van der Waals surface area contributed by atoms with Gasteiger partial charge in [-0.15, -0.1) is 0 Å². The Labute approximate surface area is 94.7 Å². The van der Waals surface area contributed by atoms with E-state index in [2.05, 4.69) is 35.4 Å². The molecule has 4 nitrogen and oxygen atoms in total. The molecule has 84 valence electrons. The Bertz CT molecular complexity index is 491. The summed E-state index contributed by atoms with van der Waals surface area (Å²) in [6.07, 6.45) is 0. The zero-order valence-electron chi connectivity index (χ0n) is 9.74. The van der Waals surface area contributed by atoms with Crippen molar-refractivity contribution in [3.05, 3.63) is 41.0 Å². The lowest BCUT2D eigenvalue weighted by Crippen LogP contribution is -2.02. The van der Waals surface area contributed by atoms with E-state index in [4.69, 9.17) is 4.52 Å². The Kier molecular flexibility index (Phi) is 2.90. The molecule has 0 aliphatic carbocycles. The van der Waals surface area contributed by atoms with Crippen LogP contribution >= 0.6 is 0 Å². The van der Waals surface area contributed by atoms with E-state index in [0.717, 1.165) is 5.69 Å². The van der Waals surface area contributed by atoms with Crippen LogP contribution in [0.1, 0.15) is 22.8 Å². The first-order chi connectivity index (χ1) is 7.66. The van der Waals surface area contributed by atoms with Crippen molar-refractivity contribution in [1.29, 1.82) is 0 Å². The number of aromatic nitrogens is 2. The van der Waals surface area contributed by atoms with Crippen molar-refractivity contribution in [2.24, 2.45) is 0 Å². The van der Waals surface area contributed by atoms with E-state index >= 15 is 0 Å². The van der Waals surface area contributed by atoms with Gasteiger partial charge in [0.1, 0.15) is 0 Å². The van der Waals surface area contributed by atoms with Gasteiger partial charge in [-0.1, -0.05) is 17.3 Å². The summed E-state index contributed by atoms with van der Waals surface area (Å²) in [6, 6.07) is 6.17. The summed E-state index contributed by atoms with van der Waals surface area (Å²) in [4.78, 5) is 4.14. The van der Waals surface area contributed by atoms with Gasteiger partial charge in [-0.25, -0.2) is 0 Å². The normalized spacial score (nSPS) is 10.4. The van der Waals surface area contributed by atoms with Gasteiger partial charge < -0.3 is 9.84 Å². The minimum atomic E-state index is 0.561. The smallest absolute Gasteiger partial charge is 0.245 e. The Balaban J connectivity index is 2.07. The van der Waals surface area contributed by atoms with Crippen molar-refractivity contribution >= 4 is 5.69 Å². The summed E-state index contributed by atoms with van der Waals surface area (Å²) >= 11 is 0. The van der Waals surface area contributed by atoms with E-state index in [9.17, 15) is 0 Å². The van der Waals surface area contributed by atoms with Crippen molar-refractivity contribution in [2.75, 3.05) is 5.32 Å². The molecule has 1 N–H and O–H groups in total. The fraction of sp³-hybridized carbons (Fsp3) is 0.333. The lowest BCUT2D eigenvalue weighted by Gasteiger charge is -2.09. The first kappa shape index (κ1) is 10.7. The van der Waals surface area contributed by atoms with Crippen LogP contribution in [0, 0.1) is 20.8 Å². The number of anilines is 1. The summed E-state index contributed by atoms with van der Waals surface area (Å²) in [6.45, 7) is 6.56. The SMILES string of the molecule is Cc1noc(CNc2cccc(C)c2C)n1. The number of nitrogens with zero attached hydrogens (tertiary/aromatic N) is 2. The maximum Gasteiger partial charge on any atom is 0.245 e. The topological polar surface area (TPSA) is 51.0 Å². The molecule has 1 heterocycles. The second-order valence-electron chi connectivity index (χ2n) is 3.84. The van der Waals surface area contributed by atoms with Gasteiger partial charge in [0.15, 0.2) is 5.82 Å². The van der Waals surface area contributed by atoms with Crippen LogP contribution in [-0.2, 0) is 6.54 Å². The number of benzene rings is 1. The highest BCUT2D eigenvalue weighted by Crippen LogP contribution is 2.18. The number of hydrogen-bond acceptors (Lipinski definition) is 4. The number of nitrogens with one attached hydrogen (secondary N) is 1. The molecule has 0 bridgehead atoms. The van der Waals surface area contributed by atoms with Gasteiger partial charge in [-0.2, -0.15) is 4.98 Å². The van der Waals surface area contributed by atoms with Crippen LogP contribution in [0.4, 0.5) is 5.69 Å². The average Bonchev–Trinajstić information content (AvgIpc) is 2.67. The highest BCUT2D eigenvalue weighted by molar-refractivity contribution is 5.53. The molecule has 0 saturated carbocycles. The molecule has 1 aromatic carbocycles. The molecule has 1 aromatic heterocycles. The lowest BCUT2D eigenvalue weighted by molar-refractivity contribution is 0.379. The summed E-state index contributed by atoms with van der Waals surface area (Å²) in [5.41, 5.74) is 3.63. The van der Waals surface area contributed by atoms with E-state index in [-0.39, 0.29) is 0 Å². The average molecular weight is 217 g/mol. The summed E-state index contributed by atoms with van der Waals surface area (Å²) in [5, 5.41) is 7.03. The van der Waals surface area contributed by atoms with Crippen LogP contribution in [0.2, 0.25) is 0 Å². The predicted octanol–water partition coefficient (Wildman–Crippen LogP) is 2.61. The van der Waals surface area contributed by atoms with E-state index < -0.39 is 0 Å². The fourth-order valence-corrected chi connectivity index (χ4v) is 1.53. The predicted molar refractivity (Wildman–Crippen MR) is 62.3 cm³/mol. The van der Waals surface area contributed by atoms with E-state index in [0.29, 0.717) is 18.3 Å². The highest BCUT2D eigenvalue weighted by atomic mass is 16.5. The van der Waals surface area contributed by atoms with Gasteiger partial charge in [0.2, 0.25) is 5.89 Å². The molecule has 0 spiro atoms. The van der Waals surface area contributed by atoms with Crippen LogP contribution < -0.4 is 5.32 Å². The maximum atomic E-state index is 5.03.